The lowest BCUT2D eigenvalue weighted by Crippen LogP contribution is -2.25. The van der Waals surface area contributed by atoms with Gasteiger partial charge in [0.25, 0.3) is 0 Å². The molecule has 0 atom stereocenters. The van der Waals surface area contributed by atoms with Gasteiger partial charge < -0.3 is 4.90 Å². The fourth-order valence-electron chi connectivity index (χ4n) is 1.48. The second kappa shape index (κ2) is 6.20. The predicted octanol–water partition coefficient (Wildman–Crippen LogP) is 3.33. The average molecular weight is 256 g/mol. The van der Waals surface area contributed by atoms with Gasteiger partial charge in [0, 0.05) is 11.0 Å². The Morgan fingerprint density at radius 1 is 1.07 bits per heavy atom. The van der Waals surface area contributed by atoms with Gasteiger partial charge in [0.2, 0.25) is 0 Å². The van der Waals surface area contributed by atoms with E-state index < -0.39 is 0 Å². The van der Waals surface area contributed by atoms with E-state index in [1.54, 1.807) is 0 Å². The van der Waals surface area contributed by atoms with Crippen molar-refractivity contribution in [2.75, 3.05) is 19.6 Å². The maximum absolute atomic E-state index is 3.44. The zero-order chi connectivity index (χ0) is 10.4. The summed E-state index contributed by atoms with van der Waals surface area (Å²) in [5, 5.41) is 0. The second-order valence-corrected chi connectivity index (χ2v) is 4.32. The topological polar surface area (TPSA) is 3.24 Å². The molecule has 0 aliphatic carbocycles. The molecule has 0 aliphatic rings. The first-order chi connectivity index (χ1) is 6.76. The van der Waals surface area contributed by atoms with Crippen LogP contribution < -0.4 is 0 Å². The van der Waals surface area contributed by atoms with E-state index in [4.69, 9.17) is 0 Å². The molecule has 14 heavy (non-hydrogen) atoms. The highest BCUT2D eigenvalue weighted by atomic mass is 79.9. The van der Waals surface area contributed by atoms with E-state index in [1.165, 1.54) is 5.56 Å². The highest BCUT2D eigenvalue weighted by molar-refractivity contribution is 9.10. The molecule has 2 heteroatoms. The molecule has 0 radical (unpaired) electrons. The summed E-state index contributed by atoms with van der Waals surface area (Å²) in [7, 11) is 0. The van der Waals surface area contributed by atoms with Crippen molar-refractivity contribution in [2.24, 2.45) is 0 Å². The van der Waals surface area contributed by atoms with Crippen LogP contribution in [-0.2, 0) is 6.42 Å². The molecule has 0 bridgehead atoms. The first-order valence-electron chi connectivity index (χ1n) is 5.23. The standard InChI is InChI=1S/C12H18BrN/c1-3-14(4-2)10-9-11-5-7-12(13)8-6-11/h5-8H,3-4,9-10H2,1-2H3. The first kappa shape index (κ1) is 11.7. The van der Waals surface area contributed by atoms with Crippen molar-refractivity contribution in [1.29, 1.82) is 0 Å². The number of hydrogen-bond acceptors (Lipinski definition) is 1. The Bertz CT molecular complexity index is 252. The summed E-state index contributed by atoms with van der Waals surface area (Å²) in [5.41, 5.74) is 1.42. The molecule has 1 aromatic carbocycles. The third-order valence-corrected chi connectivity index (χ3v) is 3.05. The first-order valence-corrected chi connectivity index (χ1v) is 6.02. The van der Waals surface area contributed by atoms with Crippen LogP contribution in [0.1, 0.15) is 19.4 Å². The van der Waals surface area contributed by atoms with Gasteiger partial charge in [-0.15, -0.1) is 0 Å². The van der Waals surface area contributed by atoms with Gasteiger partial charge in [0.15, 0.2) is 0 Å². The molecular weight excluding hydrogens is 238 g/mol. The summed E-state index contributed by atoms with van der Waals surface area (Å²) in [6, 6.07) is 8.59. The quantitative estimate of drug-likeness (QED) is 0.781. The minimum Gasteiger partial charge on any atom is -0.304 e. The van der Waals surface area contributed by atoms with E-state index in [1.807, 2.05) is 0 Å². The zero-order valence-corrected chi connectivity index (χ0v) is 10.5. The van der Waals surface area contributed by atoms with Crippen molar-refractivity contribution < 1.29 is 0 Å². The van der Waals surface area contributed by atoms with E-state index in [0.29, 0.717) is 0 Å². The molecule has 0 unspecified atom stereocenters. The van der Waals surface area contributed by atoms with Gasteiger partial charge in [-0.2, -0.15) is 0 Å². The Hall–Kier alpha value is -0.340. The highest BCUT2D eigenvalue weighted by Crippen LogP contribution is 2.11. The molecule has 0 saturated carbocycles. The molecule has 0 saturated heterocycles. The average Bonchev–Trinajstić information content (AvgIpc) is 2.22. The molecule has 0 N–H and O–H groups in total. The second-order valence-electron chi connectivity index (χ2n) is 3.40. The maximum atomic E-state index is 3.44. The van der Waals surface area contributed by atoms with E-state index in [9.17, 15) is 0 Å². The Balaban J connectivity index is 2.41. The van der Waals surface area contributed by atoms with Gasteiger partial charge in [-0.3, -0.25) is 0 Å². The molecule has 1 nitrogen and oxygen atoms in total. The van der Waals surface area contributed by atoms with Gasteiger partial charge >= 0.3 is 0 Å². The van der Waals surface area contributed by atoms with Crippen LogP contribution in [-0.4, -0.2) is 24.5 Å². The van der Waals surface area contributed by atoms with Crippen LogP contribution in [0.5, 0.6) is 0 Å². The fraction of sp³-hybridized carbons (Fsp3) is 0.500. The lowest BCUT2D eigenvalue weighted by atomic mass is 10.1. The normalized spacial score (nSPS) is 10.9. The third-order valence-electron chi connectivity index (χ3n) is 2.52. The van der Waals surface area contributed by atoms with Gasteiger partial charge in [0.1, 0.15) is 0 Å². The van der Waals surface area contributed by atoms with Gasteiger partial charge in [-0.25, -0.2) is 0 Å². The Kier molecular flexibility index (Phi) is 5.20. The van der Waals surface area contributed by atoms with Crippen LogP contribution in [0.15, 0.2) is 28.7 Å². The summed E-state index contributed by atoms with van der Waals surface area (Å²) in [4.78, 5) is 2.45. The fourth-order valence-corrected chi connectivity index (χ4v) is 1.74. The van der Waals surface area contributed by atoms with E-state index in [2.05, 4.69) is 58.9 Å². The molecule has 1 rings (SSSR count). The number of nitrogens with zero attached hydrogens (tertiary/aromatic N) is 1. The number of likely N-dealkylation sites (N-methyl/N-ethyl adjacent to an activating group) is 1. The largest absolute Gasteiger partial charge is 0.304 e. The lowest BCUT2D eigenvalue weighted by Gasteiger charge is -2.17. The lowest BCUT2D eigenvalue weighted by molar-refractivity contribution is 0.308. The summed E-state index contributed by atoms with van der Waals surface area (Å²) in [5.74, 6) is 0. The van der Waals surface area contributed by atoms with Gasteiger partial charge in [0.05, 0.1) is 0 Å². The molecule has 0 aliphatic heterocycles. The molecule has 78 valence electrons. The van der Waals surface area contributed by atoms with Crippen molar-refractivity contribution in [3.63, 3.8) is 0 Å². The van der Waals surface area contributed by atoms with Crippen LogP contribution in [0.4, 0.5) is 0 Å². The van der Waals surface area contributed by atoms with Gasteiger partial charge in [-0.05, 0) is 37.2 Å². The number of halogens is 1. The molecule has 0 fully saturated rings. The smallest absolute Gasteiger partial charge is 0.0175 e. The molecule has 0 aromatic heterocycles. The summed E-state index contributed by atoms with van der Waals surface area (Å²) >= 11 is 3.44. The summed E-state index contributed by atoms with van der Waals surface area (Å²) in [6.45, 7) is 7.88. The van der Waals surface area contributed by atoms with Crippen molar-refractivity contribution in [1.82, 2.24) is 4.90 Å². The van der Waals surface area contributed by atoms with Gasteiger partial charge in [-0.1, -0.05) is 41.9 Å². The maximum Gasteiger partial charge on any atom is 0.0175 e. The van der Waals surface area contributed by atoms with Crippen molar-refractivity contribution in [3.8, 4) is 0 Å². The Labute approximate surface area is 95.2 Å². The minimum absolute atomic E-state index is 1.15. The van der Waals surface area contributed by atoms with Crippen molar-refractivity contribution >= 4 is 15.9 Å². The number of benzene rings is 1. The minimum atomic E-state index is 1.15. The number of hydrogen-bond donors (Lipinski definition) is 0. The summed E-state index contributed by atoms with van der Waals surface area (Å²) in [6.07, 6.45) is 1.15. The van der Waals surface area contributed by atoms with E-state index in [0.717, 1.165) is 30.5 Å². The summed E-state index contributed by atoms with van der Waals surface area (Å²) < 4.78 is 1.16. The van der Waals surface area contributed by atoms with E-state index >= 15 is 0 Å². The number of rotatable bonds is 5. The van der Waals surface area contributed by atoms with Crippen LogP contribution in [0.25, 0.3) is 0 Å². The molecule has 0 amide bonds. The molecule has 0 spiro atoms. The molecule has 0 heterocycles. The monoisotopic (exact) mass is 255 g/mol. The van der Waals surface area contributed by atoms with Crippen LogP contribution in [0, 0.1) is 0 Å². The molecular formula is C12H18BrN. The Morgan fingerprint density at radius 2 is 1.64 bits per heavy atom. The van der Waals surface area contributed by atoms with Crippen LogP contribution in [0.3, 0.4) is 0 Å². The van der Waals surface area contributed by atoms with E-state index in [-0.39, 0.29) is 0 Å². The van der Waals surface area contributed by atoms with Crippen molar-refractivity contribution in [2.45, 2.75) is 20.3 Å². The third kappa shape index (κ3) is 3.81. The Morgan fingerprint density at radius 3 is 2.14 bits per heavy atom. The van der Waals surface area contributed by atoms with Crippen LogP contribution in [0.2, 0.25) is 0 Å². The highest BCUT2D eigenvalue weighted by Gasteiger charge is 1.99. The molecule has 1 aromatic rings. The SMILES string of the molecule is CCN(CC)CCc1ccc(Br)cc1. The van der Waals surface area contributed by atoms with Crippen LogP contribution >= 0.6 is 15.9 Å². The van der Waals surface area contributed by atoms with Crippen molar-refractivity contribution in [3.05, 3.63) is 34.3 Å². The predicted molar refractivity (Wildman–Crippen MR) is 65.6 cm³/mol. The zero-order valence-electron chi connectivity index (χ0n) is 8.96.